The second-order valence-electron chi connectivity index (χ2n) is 7.08. The van der Waals surface area contributed by atoms with Gasteiger partial charge in [-0.1, -0.05) is 6.08 Å². The summed E-state index contributed by atoms with van der Waals surface area (Å²) in [5, 5.41) is 35.6. The van der Waals surface area contributed by atoms with Crippen LogP contribution in [0.25, 0.3) is 0 Å². The van der Waals surface area contributed by atoms with Crippen LogP contribution in [-0.4, -0.2) is 96.7 Å². The Bertz CT molecular complexity index is 963. The van der Waals surface area contributed by atoms with Crippen LogP contribution in [-0.2, 0) is 43.4 Å². The van der Waals surface area contributed by atoms with Crippen LogP contribution in [0.2, 0.25) is 0 Å². The van der Waals surface area contributed by atoms with Crippen molar-refractivity contribution in [3.8, 4) is 0 Å². The van der Waals surface area contributed by atoms with E-state index in [-0.39, 0.29) is 6.41 Å². The molecular weight excluding hydrogens is 496 g/mol. The fourth-order valence-corrected chi connectivity index (χ4v) is 2.91. The molecule has 16 nitrogen and oxygen atoms in total. The Labute approximate surface area is 199 Å². The molecular formula is C18H26N4O12S. The van der Waals surface area contributed by atoms with Gasteiger partial charge in [0.1, 0.15) is 12.1 Å². The molecule has 17 heteroatoms. The summed E-state index contributed by atoms with van der Waals surface area (Å²) >= 11 is 0. The predicted octanol–water partition coefficient (Wildman–Crippen LogP) is -3.44. The van der Waals surface area contributed by atoms with Crippen LogP contribution in [0.4, 0.5) is 0 Å². The van der Waals surface area contributed by atoms with Crippen molar-refractivity contribution < 1.29 is 57.3 Å². The topological polar surface area (TPSA) is 262 Å². The lowest BCUT2D eigenvalue weighted by Gasteiger charge is -2.21. The Hall–Kier alpha value is -4.02. The number of hydrogen-bond donors (Lipinski definition) is 7. The average molecular weight is 522 g/mol. The van der Waals surface area contributed by atoms with Crippen molar-refractivity contribution in [2.75, 3.05) is 12.8 Å². The minimum atomic E-state index is -3.62. The first-order valence-corrected chi connectivity index (χ1v) is 11.7. The molecule has 0 rings (SSSR count). The van der Waals surface area contributed by atoms with Crippen LogP contribution in [0, 0.1) is 0 Å². The van der Waals surface area contributed by atoms with Gasteiger partial charge in [0.2, 0.25) is 24.1 Å². The molecule has 7 N–H and O–H groups in total. The Morgan fingerprint density at radius 3 is 1.94 bits per heavy atom. The number of carbonyl (C=O) groups excluding carboxylic acids is 4. The van der Waals surface area contributed by atoms with Gasteiger partial charge >= 0.3 is 17.9 Å². The van der Waals surface area contributed by atoms with E-state index in [4.69, 9.17) is 15.3 Å². The molecule has 196 valence electrons. The van der Waals surface area contributed by atoms with Gasteiger partial charge in [-0.15, -0.1) is 0 Å². The van der Waals surface area contributed by atoms with E-state index in [1.54, 1.807) is 0 Å². The van der Waals surface area contributed by atoms with Crippen LogP contribution >= 0.6 is 0 Å². The summed E-state index contributed by atoms with van der Waals surface area (Å²) in [6.07, 6.45) is -0.692. The maximum absolute atomic E-state index is 12.4. The Balaban J connectivity index is 5.27. The van der Waals surface area contributed by atoms with Gasteiger partial charge in [-0.25, -0.2) is 8.42 Å². The van der Waals surface area contributed by atoms with E-state index in [1.165, 1.54) is 0 Å². The molecule has 0 radical (unpaired) electrons. The highest BCUT2D eigenvalue weighted by Crippen LogP contribution is 2.02. The average Bonchev–Trinajstić information content (AvgIpc) is 2.71. The standard InChI is InChI=1S/C18H26N4O12S/c1-35(33,34)5-4-10(6-15(27)28)21-13(24)8-19-17(31)11(2-3-14(25)26)22-18(32)12(20-9-23)7-16(29)30/h4-5,9-12H,2-3,6-8H2,1H3,(H,19,31)(H,20,23)(H,21,24)(H,22,32)(H,25,26)(H,27,28)(H,29,30)/b5-4+/t10?,11?,12-/m0/s1. The molecule has 0 aliphatic rings. The Morgan fingerprint density at radius 1 is 0.857 bits per heavy atom. The van der Waals surface area contributed by atoms with Crippen LogP contribution in [0.3, 0.4) is 0 Å². The fourth-order valence-electron chi connectivity index (χ4n) is 2.43. The Morgan fingerprint density at radius 2 is 1.46 bits per heavy atom. The van der Waals surface area contributed by atoms with Crippen molar-refractivity contribution in [2.24, 2.45) is 0 Å². The van der Waals surface area contributed by atoms with Crippen LogP contribution < -0.4 is 21.3 Å². The molecule has 0 aromatic carbocycles. The molecule has 0 aromatic heterocycles. The lowest BCUT2D eigenvalue weighted by atomic mass is 10.1. The molecule has 2 unspecified atom stereocenters. The summed E-state index contributed by atoms with van der Waals surface area (Å²) in [7, 11) is -3.62. The molecule has 0 aliphatic heterocycles. The SMILES string of the molecule is CS(=O)(=O)/C=C/C(CC(=O)O)NC(=O)CNC(=O)C(CCC(=O)O)NC(=O)[C@H](CC(=O)O)NC=O. The van der Waals surface area contributed by atoms with E-state index in [0.717, 1.165) is 12.3 Å². The molecule has 0 saturated carbocycles. The Kier molecular flexibility index (Phi) is 13.3. The lowest BCUT2D eigenvalue weighted by molar-refractivity contribution is -0.141. The second-order valence-corrected chi connectivity index (χ2v) is 9.01. The van der Waals surface area contributed by atoms with E-state index >= 15 is 0 Å². The van der Waals surface area contributed by atoms with Crippen molar-refractivity contribution in [1.82, 2.24) is 21.3 Å². The monoisotopic (exact) mass is 522 g/mol. The van der Waals surface area contributed by atoms with Gasteiger partial charge in [-0.3, -0.25) is 33.6 Å². The van der Waals surface area contributed by atoms with Gasteiger partial charge in [0, 0.05) is 18.1 Å². The summed E-state index contributed by atoms with van der Waals surface area (Å²) in [4.78, 5) is 80.0. The zero-order chi connectivity index (χ0) is 27.2. The molecule has 0 aliphatic carbocycles. The van der Waals surface area contributed by atoms with Gasteiger partial charge in [0.05, 0.1) is 25.4 Å². The number of sulfone groups is 1. The fraction of sp³-hybridized carbons (Fsp3) is 0.500. The number of aliphatic carboxylic acids is 3. The summed E-state index contributed by atoms with van der Waals surface area (Å²) in [6.45, 7) is -0.758. The van der Waals surface area contributed by atoms with Crippen molar-refractivity contribution in [2.45, 2.75) is 43.8 Å². The summed E-state index contributed by atoms with van der Waals surface area (Å²) in [5.74, 6) is -7.18. The summed E-state index contributed by atoms with van der Waals surface area (Å²) < 4.78 is 22.4. The first-order valence-electron chi connectivity index (χ1n) is 9.75. The summed E-state index contributed by atoms with van der Waals surface area (Å²) in [6, 6.07) is -4.33. The molecule has 35 heavy (non-hydrogen) atoms. The molecule has 0 spiro atoms. The molecule has 0 saturated heterocycles. The number of carboxylic acids is 3. The molecule has 0 bridgehead atoms. The number of nitrogens with one attached hydrogen (secondary N) is 4. The van der Waals surface area contributed by atoms with Gasteiger partial charge in [-0.2, -0.15) is 0 Å². The number of rotatable bonds is 17. The summed E-state index contributed by atoms with van der Waals surface area (Å²) in [5.41, 5.74) is 0. The van der Waals surface area contributed by atoms with Crippen LogP contribution in [0.1, 0.15) is 25.7 Å². The number of carboxylic acid groups (broad SMARTS) is 3. The molecule has 4 amide bonds. The predicted molar refractivity (Wildman–Crippen MR) is 115 cm³/mol. The smallest absolute Gasteiger partial charge is 0.305 e. The zero-order valence-electron chi connectivity index (χ0n) is 18.4. The minimum Gasteiger partial charge on any atom is -0.481 e. The second kappa shape index (κ2) is 15.0. The van der Waals surface area contributed by atoms with E-state index < -0.39 is 95.8 Å². The normalized spacial score (nSPS) is 13.6. The highest BCUT2D eigenvalue weighted by atomic mass is 32.2. The first kappa shape index (κ1) is 31.0. The maximum atomic E-state index is 12.4. The maximum Gasteiger partial charge on any atom is 0.305 e. The van der Waals surface area contributed by atoms with E-state index in [1.807, 2.05) is 5.32 Å². The van der Waals surface area contributed by atoms with Crippen molar-refractivity contribution in [3.05, 3.63) is 11.5 Å². The minimum absolute atomic E-state index is 0.0651. The van der Waals surface area contributed by atoms with Crippen molar-refractivity contribution >= 4 is 51.9 Å². The van der Waals surface area contributed by atoms with E-state index in [0.29, 0.717) is 5.41 Å². The van der Waals surface area contributed by atoms with Crippen molar-refractivity contribution in [1.29, 1.82) is 0 Å². The van der Waals surface area contributed by atoms with Gasteiger partial charge in [-0.05, 0) is 6.42 Å². The van der Waals surface area contributed by atoms with Crippen LogP contribution in [0.15, 0.2) is 11.5 Å². The highest BCUT2D eigenvalue weighted by molar-refractivity contribution is 7.93. The third kappa shape index (κ3) is 15.4. The zero-order valence-corrected chi connectivity index (χ0v) is 19.2. The number of hydrogen-bond acceptors (Lipinski definition) is 9. The molecule has 0 fully saturated rings. The van der Waals surface area contributed by atoms with Gasteiger partial charge in [0.25, 0.3) is 0 Å². The van der Waals surface area contributed by atoms with Crippen LogP contribution in [0.5, 0.6) is 0 Å². The van der Waals surface area contributed by atoms with E-state index in [2.05, 4.69) is 16.0 Å². The third-order valence-corrected chi connectivity index (χ3v) is 4.62. The quantitative estimate of drug-likeness (QED) is 0.0920. The molecule has 0 heterocycles. The third-order valence-electron chi connectivity index (χ3n) is 3.97. The highest BCUT2D eigenvalue weighted by Gasteiger charge is 2.27. The number of carbonyl (C=O) groups is 7. The largest absolute Gasteiger partial charge is 0.481 e. The first-order chi connectivity index (χ1) is 16.1. The van der Waals surface area contributed by atoms with Gasteiger partial charge in [0.15, 0.2) is 9.84 Å². The number of amides is 4. The molecule has 0 aromatic rings. The van der Waals surface area contributed by atoms with Crippen molar-refractivity contribution in [3.63, 3.8) is 0 Å². The lowest BCUT2D eigenvalue weighted by Crippen LogP contribution is -2.54. The van der Waals surface area contributed by atoms with Gasteiger partial charge < -0.3 is 36.6 Å². The van der Waals surface area contributed by atoms with E-state index in [9.17, 15) is 42.0 Å². The molecule has 3 atom stereocenters.